The minimum Gasteiger partial charge on any atom is -0.346 e. The van der Waals surface area contributed by atoms with Gasteiger partial charge in [0.1, 0.15) is 5.01 Å². The molecule has 1 aromatic heterocycles. The number of rotatable bonds is 6. The zero-order valence-corrected chi connectivity index (χ0v) is 11.5. The number of amides is 1. The summed E-state index contributed by atoms with van der Waals surface area (Å²) in [5.74, 6) is 0.116. The Balaban J connectivity index is 2.60. The highest BCUT2D eigenvalue weighted by Crippen LogP contribution is 2.19. The number of nitrogens with one attached hydrogen (secondary N) is 1. The second kappa shape index (κ2) is 6.71. The number of thiazole rings is 1. The molecular weight excluding hydrogens is 234 g/mol. The maximum Gasteiger partial charge on any atom is 0.237 e. The van der Waals surface area contributed by atoms with Crippen molar-refractivity contribution in [3.8, 4) is 0 Å². The first-order valence-corrected chi connectivity index (χ1v) is 6.93. The minimum absolute atomic E-state index is 0.0161. The molecule has 3 atom stereocenters. The van der Waals surface area contributed by atoms with E-state index in [1.807, 2.05) is 26.2 Å². The quantitative estimate of drug-likeness (QED) is 0.818. The van der Waals surface area contributed by atoms with Gasteiger partial charge in [0.05, 0.1) is 12.1 Å². The molecule has 5 heteroatoms. The standard InChI is InChI=1S/C12H21N3OS/c1-4-8(3)10(13)11(16)15-9(5-2)12-14-6-7-17-12/h6-10H,4-5,13H2,1-3H3,(H,15,16)/t8-,9?,10-/m0/s1. The van der Waals surface area contributed by atoms with Crippen LogP contribution in [0.5, 0.6) is 0 Å². The molecule has 4 nitrogen and oxygen atoms in total. The summed E-state index contributed by atoms with van der Waals surface area (Å²) in [5.41, 5.74) is 5.90. The van der Waals surface area contributed by atoms with Gasteiger partial charge in [0.15, 0.2) is 0 Å². The molecule has 0 bridgehead atoms. The molecule has 0 saturated heterocycles. The molecule has 1 rings (SSSR count). The van der Waals surface area contributed by atoms with E-state index >= 15 is 0 Å². The van der Waals surface area contributed by atoms with Crippen LogP contribution in [0.1, 0.15) is 44.7 Å². The summed E-state index contributed by atoms with van der Waals surface area (Å²) in [6.07, 6.45) is 3.48. The summed E-state index contributed by atoms with van der Waals surface area (Å²) in [7, 11) is 0. The molecule has 0 aliphatic carbocycles. The van der Waals surface area contributed by atoms with Crippen molar-refractivity contribution in [3.05, 3.63) is 16.6 Å². The Morgan fingerprint density at radius 1 is 1.53 bits per heavy atom. The smallest absolute Gasteiger partial charge is 0.237 e. The molecule has 0 aromatic carbocycles. The van der Waals surface area contributed by atoms with E-state index in [9.17, 15) is 4.79 Å². The van der Waals surface area contributed by atoms with Crippen LogP contribution in [0.3, 0.4) is 0 Å². The summed E-state index contributed by atoms with van der Waals surface area (Å²) in [6.45, 7) is 6.06. The molecule has 17 heavy (non-hydrogen) atoms. The van der Waals surface area contributed by atoms with Crippen molar-refractivity contribution in [1.82, 2.24) is 10.3 Å². The number of aromatic nitrogens is 1. The van der Waals surface area contributed by atoms with E-state index in [-0.39, 0.29) is 17.9 Å². The van der Waals surface area contributed by atoms with Gasteiger partial charge in [-0.05, 0) is 12.3 Å². The second-order valence-corrected chi connectivity index (χ2v) is 5.18. The van der Waals surface area contributed by atoms with Crippen molar-refractivity contribution in [2.45, 2.75) is 45.7 Å². The lowest BCUT2D eigenvalue weighted by Gasteiger charge is -2.21. The van der Waals surface area contributed by atoms with Crippen LogP contribution in [0.25, 0.3) is 0 Å². The SMILES string of the molecule is CCC(NC(=O)[C@@H](N)[C@@H](C)CC)c1nccs1. The van der Waals surface area contributed by atoms with E-state index < -0.39 is 6.04 Å². The average Bonchev–Trinajstić information content (AvgIpc) is 2.87. The van der Waals surface area contributed by atoms with Crippen LogP contribution in [-0.2, 0) is 4.79 Å². The van der Waals surface area contributed by atoms with Crippen molar-refractivity contribution < 1.29 is 4.79 Å². The number of nitrogens with two attached hydrogens (primary N) is 1. The zero-order chi connectivity index (χ0) is 12.8. The maximum absolute atomic E-state index is 11.9. The fourth-order valence-electron chi connectivity index (χ4n) is 1.53. The second-order valence-electron chi connectivity index (χ2n) is 4.25. The van der Waals surface area contributed by atoms with Gasteiger partial charge in [0, 0.05) is 11.6 Å². The third-order valence-electron chi connectivity index (χ3n) is 3.03. The highest BCUT2D eigenvalue weighted by Gasteiger charge is 2.23. The van der Waals surface area contributed by atoms with Crippen LogP contribution in [0.15, 0.2) is 11.6 Å². The molecular formula is C12H21N3OS. The zero-order valence-electron chi connectivity index (χ0n) is 10.6. The Labute approximate surface area is 107 Å². The fourth-order valence-corrected chi connectivity index (χ4v) is 2.30. The minimum atomic E-state index is -0.436. The number of carbonyl (C=O) groups excluding carboxylic acids is 1. The molecule has 96 valence electrons. The summed E-state index contributed by atoms with van der Waals surface area (Å²) >= 11 is 1.56. The third kappa shape index (κ3) is 3.78. The molecule has 3 N–H and O–H groups in total. The number of carbonyl (C=O) groups is 1. The van der Waals surface area contributed by atoms with Gasteiger partial charge >= 0.3 is 0 Å². The van der Waals surface area contributed by atoms with Crippen LogP contribution >= 0.6 is 11.3 Å². The molecule has 0 spiro atoms. The first-order valence-electron chi connectivity index (χ1n) is 6.05. The van der Waals surface area contributed by atoms with E-state index in [1.165, 1.54) is 0 Å². The highest BCUT2D eigenvalue weighted by atomic mass is 32.1. The fraction of sp³-hybridized carbons (Fsp3) is 0.667. The van der Waals surface area contributed by atoms with Gasteiger partial charge in [-0.25, -0.2) is 4.98 Å². The van der Waals surface area contributed by atoms with Crippen molar-refractivity contribution >= 4 is 17.2 Å². The summed E-state index contributed by atoms with van der Waals surface area (Å²) in [4.78, 5) is 16.2. The normalized spacial score (nSPS) is 16.2. The molecule has 0 aliphatic rings. The van der Waals surface area contributed by atoms with Gasteiger partial charge in [0.25, 0.3) is 0 Å². The maximum atomic E-state index is 11.9. The van der Waals surface area contributed by atoms with Gasteiger partial charge in [0.2, 0.25) is 5.91 Å². The summed E-state index contributed by atoms with van der Waals surface area (Å²) in [5, 5.41) is 5.83. The van der Waals surface area contributed by atoms with Crippen molar-refractivity contribution in [1.29, 1.82) is 0 Å². The molecule has 1 unspecified atom stereocenters. The van der Waals surface area contributed by atoms with Crippen LogP contribution in [0.4, 0.5) is 0 Å². The average molecular weight is 255 g/mol. The lowest BCUT2D eigenvalue weighted by atomic mass is 9.99. The summed E-state index contributed by atoms with van der Waals surface area (Å²) < 4.78 is 0. The largest absolute Gasteiger partial charge is 0.346 e. The molecule has 0 fully saturated rings. The van der Waals surface area contributed by atoms with Crippen LogP contribution in [0.2, 0.25) is 0 Å². The number of hydrogen-bond acceptors (Lipinski definition) is 4. The van der Waals surface area contributed by atoms with E-state index in [2.05, 4.69) is 10.3 Å². The molecule has 1 heterocycles. The van der Waals surface area contributed by atoms with Gasteiger partial charge in [-0.1, -0.05) is 27.2 Å². The molecule has 0 radical (unpaired) electrons. The Morgan fingerprint density at radius 3 is 2.71 bits per heavy atom. The van der Waals surface area contributed by atoms with Gasteiger partial charge in [-0.2, -0.15) is 0 Å². The van der Waals surface area contributed by atoms with E-state index in [0.29, 0.717) is 0 Å². The van der Waals surface area contributed by atoms with Crippen molar-refractivity contribution in [2.75, 3.05) is 0 Å². The Morgan fingerprint density at radius 2 is 2.24 bits per heavy atom. The van der Waals surface area contributed by atoms with Gasteiger partial charge < -0.3 is 11.1 Å². The van der Waals surface area contributed by atoms with E-state index in [0.717, 1.165) is 17.8 Å². The van der Waals surface area contributed by atoms with Crippen molar-refractivity contribution in [3.63, 3.8) is 0 Å². The summed E-state index contributed by atoms with van der Waals surface area (Å²) in [6, 6.07) is -0.452. The highest BCUT2D eigenvalue weighted by molar-refractivity contribution is 7.09. The first kappa shape index (κ1) is 14.1. The molecule has 1 aromatic rings. The Bertz CT molecular complexity index is 340. The molecule has 0 saturated carbocycles. The molecule has 1 amide bonds. The van der Waals surface area contributed by atoms with Crippen molar-refractivity contribution in [2.24, 2.45) is 11.7 Å². The van der Waals surface area contributed by atoms with Gasteiger partial charge in [-0.3, -0.25) is 4.79 Å². The predicted molar refractivity (Wildman–Crippen MR) is 70.7 cm³/mol. The number of hydrogen-bond donors (Lipinski definition) is 2. The predicted octanol–water partition coefficient (Wildman–Crippen LogP) is 2.08. The Kier molecular flexibility index (Phi) is 5.58. The Hall–Kier alpha value is -0.940. The molecule has 0 aliphatic heterocycles. The number of nitrogens with zero attached hydrogens (tertiary/aromatic N) is 1. The van der Waals surface area contributed by atoms with Crippen LogP contribution in [-0.4, -0.2) is 16.9 Å². The van der Waals surface area contributed by atoms with Crippen LogP contribution in [0, 0.1) is 5.92 Å². The van der Waals surface area contributed by atoms with Gasteiger partial charge in [-0.15, -0.1) is 11.3 Å². The van der Waals surface area contributed by atoms with E-state index in [4.69, 9.17) is 5.73 Å². The third-order valence-corrected chi connectivity index (χ3v) is 3.92. The van der Waals surface area contributed by atoms with Crippen LogP contribution < -0.4 is 11.1 Å². The lowest BCUT2D eigenvalue weighted by Crippen LogP contribution is -2.45. The monoisotopic (exact) mass is 255 g/mol. The van der Waals surface area contributed by atoms with E-state index in [1.54, 1.807) is 17.5 Å². The lowest BCUT2D eigenvalue weighted by molar-refractivity contribution is -0.124. The topological polar surface area (TPSA) is 68.0 Å². The first-order chi connectivity index (χ1) is 8.10.